The summed E-state index contributed by atoms with van der Waals surface area (Å²) in [6, 6.07) is 2.17. The number of hydrogen-bond donors (Lipinski definition) is 0. The number of aryl methyl sites for hydroxylation is 1. The van der Waals surface area contributed by atoms with Crippen LogP contribution in [-0.2, 0) is 19.6 Å². The van der Waals surface area contributed by atoms with Gasteiger partial charge in [-0.25, -0.2) is 4.68 Å². The van der Waals surface area contributed by atoms with E-state index in [1.165, 1.54) is 21.5 Å². The number of hydrogen-bond acceptors (Lipinski definition) is 5. The molecule has 0 N–H and O–H groups in total. The van der Waals surface area contributed by atoms with E-state index in [1.807, 2.05) is 11.3 Å². The van der Waals surface area contributed by atoms with Gasteiger partial charge in [0.1, 0.15) is 5.82 Å². The molecule has 2 fully saturated rings. The van der Waals surface area contributed by atoms with E-state index in [4.69, 9.17) is 0 Å². The monoisotopic (exact) mass is 372 g/mol. The molecule has 138 valence electrons. The average molecular weight is 372 g/mol. The molecule has 5 rings (SSSR count). The Morgan fingerprint density at radius 2 is 2.04 bits per heavy atom. The first-order chi connectivity index (χ1) is 12.6. The van der Waals surface area contributed by atoms with E-state index in [1.54, 1.807) is 4.57 Å². The molecular weight excluding hydrogens is 348 g/mol. The van der Waals surface area contributed by atoms with Crippen LogP contribution < -0.4 is 11.1 Å². The highest BCUT2D eigenvalue weighted by Gasteiger charge is 2.42. The molecule has 2 aromatic rings. The van der Waals surface area contributed by atoms with E-state index in [0.717, 1.165) is 38.3 Å². The van der Waals surface area contributed by atoms with Gasteiger partial charge in [0.05, 0.1) is 0 Å². The molecule has 2 unspecified atom stereocenters. The van der Waals surface area contributed by atoms with Gasteiger partial charge in [0.2, 0.25) is 0 Å². The van der Waals surface area contributed by atoms with Crippen molar-refractivity contribution >= 4 is 11.3 Å². The summed E-state index contributed by atoms with van der Waals surface area (Å²) >= 11 is 1.81. The third-order valence-electron chi connectivity index (χ3n) is 6.42. The molecular formula is C19H24N4O2S. The lowest BCUT2D eigenvalue weighted by molar-refractivity contribution is 0.256. The lowest BCUT2D eigenvalue weighted by atomic mass is 9.85. The van der Waals surface area contributed by atoms with E-state index in [-0.39, 0.29) is 11.5 Å². The Morgan fingerprint density at radius 3 is 2.73 bits per heavy atom. The molecule has 1 aliphatic carbocycles. The maximum absolute atomic E-state index is 12.6. The molecule has 0 spiro atoms. The van der Waals surface area contributed by atoms with Crippen LogP contribution in [0.1, 0.15) is 41.4 Å². The average Bonchev–Trinajstić information content (AvgIpc) is 3.24. The highest BCUT2D eigenvalue weighted by atomic mass is 32.1. The van der Waals surface area contributed by atoms with Gasteiger partial charge in [0, 0.05) is 49.4 Å². The van der Waals surface area contributed by atoms with Gasteiger partial charge in [-0.1, -0.05) is 6.42 Å². The van der Waals surface area contributed by atoms with Crippen LogP contribution in [0.25, 0.3) is 0 Å². The van der Waals surface area contributed by atoms with E-state index in [9.17, 15) is 9.59 Å². The standard InChI is InChI=1S/C19H24N4O2S/c1-12-5-6-26-16(12)11-21-8-14-9-22-17(15(14)10-21)20-23(19(25)18(22)24)7-13-3-2-4-13/h5-6,13-15H,2-4,7-11H2,1H3. The molecule has 3 aliphatic rings. The number of aromatic nitrogens is 3. The van der Waals surface area contributed by atoms with Crippen LogP contribution in [0.15, 0.2) is 21.0 Å². The van der Waals surface area contributed by atoms with Crippen molar-refractivity contribution in [1.29, 1.82) is 0 Å². The summed E-state index contributed by atoms with van der Waals surface area (Å²) in [6.07, 6.45) is 3.52. The molecule has 0 radical (unpaired) electrons. The second-order valence-electron chi connectivity index (χ2n) is 8.15. The molecule has 26 heavy (non-hydrogen) atoms. The van der Waals surface area contributed by atoms with Gasteiger partial charge in [-0.05, 0) is 42.7 Å². The van der Waals surface area contributed by atoms with Crippen molar-refractivity contribution in [3.63, 3.8) is 0 Å². The van der Waals surface area contributed by atoms with Gasteiger partial charge in [-0.2, -0.15) is 5.10 Å². The Balaban J connectivity index is 1.40. The summed E-state index contributed by atoms with van der Waals surface area (Å²) in [5.74, 6) is 2.02. The van der Waals surface area contributed by atoms with Gasteiger partial charge >= 0.3 is 11.1 Å². The molecule has 2 aromatic heterocycles. The Morgan fingerprint density at radius 1 is 1.19 bits per heavy atom. The maximum atomic E-state index is 12.6. The summed E-state index contributed by atoms with van der Waals surface area (Å²) in [5, 5.41) is 6.82. The van der Waals surface area contributed by atoms with Gasteiger partial charge in [0.25, 0.3) is 0 Å². The smallest absolute Gasteiger partial charge is 0.297 e. The minimum atomic E-state index is -0.438. The first-order valence-corrected chi connectivity index (χ1v) is 10.5. The molecule has 2 aliphatic heterocycles. The van der Waals surface area contributed by atoms with Crippen molar-refractivity contribution in [1.82, 2.24) is 19.2 Å². The fourth-order valence-electron chi connectivity index (χ4n) is 4.62. The first kappa shape index (κ1) is 16.4. The number of nitrogens with zero attached hydrogens (tertiary/aromatic N) is 4. The van der Waals surface area contributed by atoms with Crippen molar-refractivity contribution in [3.8, 4) is 0 Å². The summed E-state index contributed by atoms with van der Waals surface area (Å²) in [6.45, 7) is 6.29. The van der Waals surface area contributed by atoms with Crippen molar-refractivity contribution in [2.75, 3.05) is 13.1 Å². The Kier molecular flexibility index (Phi) is 3.90. The van der Waals surface area contributed by atoms with Gasteiger partial charge in [0.15, 0.2) is 0 Å². The summed E-state index contributed by atoms with van der Waals surface area (Å²) in [4.78, 5) is 28.9. The van der Waals surface area contributed by atoms with Crippen LogP contribution in [0.4, 0.5) is 0 Å². The molecule has 4 heterocycles. The molecule has 1 saturated carbocycles. The molecule has 0 amide bonds. The van der Waals surface area contributed by atoms with E-state index in [2.05, 4.69) is 28.4 Å². The van der Waals surface area contributed by atoms with Crippen molar-refractivity contribution < 1.29 is 0 Å². The zero-order valence-electron chi connectivity index (χ0n) is 15.1. The number of fused-ring (bicyclic) bond motifs is 3. The van der Waals surface area contributed by atoms with Crippen molar-refractivity contribution in [2.45, 2.75) is 51.7 Å². The zero-order chi connectivity index (χ0) is 17.8. The highest BCUT2D eigenvalue weighted by molar-refractivity contribution is 7.10. The molecule has 1 saturated heterocycles. The molecule has 0 aromatic carbocycles. The fraction of sp³-hybridized carbons (Fsp3) is 0.632. The number of rotatable bonds is 4. The van der Waals surface area contributed by atoms with Crippen LogP contribution in [0.2, 0.25) is 0 Å². The first-order valence-electron chi connectivity index (χ1n) is 9.57. The SMILES string of the molecule is Cc1ccsc1CN1CC2Cn3c(nn(CC4CCC4)c(=O)c3=O)C2C1. The second kappa shape index (κ2) is 6.16. The topological polar surface area (TPSA) is 60.1 Å². The lowest BCUT2D eigenvalue weighted by Crippen LogP contribution is -2.45. The van der Waals surface area contributed by atoms with Crippen LogP contribution in [0.5, 0.6) is 0 Å². The summed E-state index contributed by atoms with van der Waals surface area (Å²) in [7, 11) is 0. The van der Waals surface area contributed by atoms with Gasteiger partial charge in [-0.15, -0.1) is 11.3 Å². The van der Waals surface area contributed by atoms with E-state index >= 15 is 0 Å². The van der Waals surface area contributed by atoms with Crippen LogP contribution >= 0.6 is 11.3 Å². The lowest BCUT2D eigenvalue weighted by Gasteiger charge is -2.25. The predicted molar refractivity (Wildman–Crippen MR) is 101 cm³/mol. The van der Waals surface area contributed by atoms with Crippen LogP contribution in [0.3, 0.4) is 0 Å². The fourth-order valence-corrected chi connectivity index (χ4v) is 5.57. The maximum Gasteiger partial charge on any atom is 0.332 e. The number of thiophene rings is 1. The summed E-state index contributed by atoms with van der Waals surface area (Å²) in [5.41, 5.74) is 0.548. The van der Waals surface area contributed by atoms with Gasteiger partial charge < -0.3 is 0 Å². The minimum absolute atomic E-state index is 0.274. The molecule has 2 atom stereocenters. The van der Waals surface area contributed by atoms with Crippen molar-refractivity contribution in [2.24, 2.45) is 11.8 Å². The second-order valence-corrected chi connectivity index (χ2v) is 9.15. The van der Waals surface area contributed by atoms with Crippen LogP contribution in [-0.4, -0.2) is 32.3 Å². The Labute approximate surface area is 156 Å². The van der Waals surface area contributed by atoms with E-state index < -0.39 is 5.56 Å². The zero-order valence-corrected chi connectivity index (χ0v) is 15.9. The molecule has 7 heteroatoms. The van der Waals surface area contributed by atoms with Crippen molar-refractivity contribution in [3.05, 3.63) is 48.4 Å². The molecule has 6 nitrogen and oxygen atoms in total. The predicted octanol–water partition coefficient (Wildman–Crippen LogP) is 1.80. The van der Waals surface area contributed by atoms with Crippen LogP contribution in [0, 0.1) is 18.8 Å². The Hall–Kier alpha value is -1.73. The Bertz CT molecular complexity index is 955. The third kappa shape index (κ3) is 2.60. The molecule has 0 bridgehead atoms. The van der Waals surface area contributed by atoms with Gasteiger partial charge in [-0.3, -0.25) is 19.1 Å². The highest BCUT2D eigenvalue weighted by Crippen LogP contribution is 2.38. The largest absolute Gasteiger partial charge is 0.332 e. The van der Waals surface area contributed by atoms with E-state index in [0.29, 0.717) is 24.9 Å². The normalized spacial score (nSPS) is 25.3. The number of likely N-dealkylation sites (tertiary alicyclic amines) is 1. The summed E-state index contributed by atoms with van der Waals surface area (Å²) < 4.78 is 3.12. The quantitative estimate of drug-likeness (QED) is 0.768. The minimum Gasteiger partial charge on any atom is -0.297 e. The third-order valence-corrected chi connectivity index (χ3v) is 7.43.